The van der Waals surface area contributed by atoms with Crippen molar-refractivity contribution in [1.29, 1.82) is 5.26 Å². The Bertz CT molecular complexity index is 421. The minimum absolute atomic E-state index is 0.106. The fourth-order valence-electron chi connectivity index (χ4n) is 1.27. The number of nitriles is 1. The standard InChI is InChI=1S/C10H16N6O/c1-8(3-4-11)15(2)10(17)7-16-6-9(5-12)13-14-16/h6,8H,3,5,7,12H2,1-2H3. The number of likely N-dealkylation sites (N-methyl/N-ethyl adjacent to an activating group) is 1. The van der Waals surface area contributed by atoms with Crippen molar-refractivity contribution in [2.75, 3.05) is 7.05 Å². The largest absolute Gasteiger partial charge is 0.340 e. The van der Waals surface area contributed by atoms with Crippen LogP contribution in [0.15, 0.2) is 6.20 Å². The van der Waals surface area contributed by atoms with Crippen LogP contribution in [0.3, 0.4) is 0 Å². The molecule has 1 rings (SSSR count). The Balaban J connectivity index is 2.57. The Labute approximate surface area is 99.8 Å². The van der Waals surface area contributed by atoms with Crippen LogP contribution in [0, 0.1) is 11.3 Å². The van der Waals surface area contributed by atoms with Crippen LogP contribution in [0.2, 0.25) is 0 Å². The summed E-state index contributed by atoms with van der Waals surface area (Å²) in [7, 11) is 1.67. The average Bonchev–Trinajstić information content (AvgIpc) is 2.76. The Kier molecular flexibility index (Phi) is 4.60. The molecule has 1 unspecified atom stereocenters. The highest BCUT2D eigenvalue weighted by molar-refractivity contribution is 5.75. The molecule has 2 N–H and O–H groups in total. The second kappa shape index (κ2) is 5.96. The summed E-state index contributed by atoms with van der Waals surface area (Å²) >= 11 is 0. The fraction of sp³-hybridized carbons (Fsp3) is 0.600. The smallest absolute Gasteiger partial charge is 0.244 e. The zero-order valence-electron chi connectivity index (χ0n) is 10.00. The number of rotatable bonds is 5. The predicted octanol–water partition coefficient (Wildman–Crippen LogP) is -0.503. The molecular formula is C10H16N6O. The van der Waals surface area contributed by atoms with Crippen LogP contribution >= 0.6 is 0 Å². The summed E-state index contributed by atoms with van der Waals surface area (Å²) in [5.41, 5.74) is 6.04. The van der Waals surface area contributed by atoms with E-state index in [0.29, 0.717) is 18.7 Å². The number of carbonyl (C=O) groups is 1. The highest BCUT2D eigenvalue weighted by atomic mass is 16.2. The van der Waals surface area contributed by atoms with E-state index in [1.54, 1.807) is 13.2 Å². The minimum Gasteiger partial charge on any atom is -0.340 e. The van der Waals surface area contributed by atoms with Crippen LogP contribution in [0.25, 0.3) is 0 Å². The van der Waals surface area contributed by atoms with Gasteiger partial charge in [-0.3, -0.25) is 4.79 Å². The van der Waals surface area contributed by atoms with Crippen molar-refractivity contribution in [1.82, 2.24) is 19.9 Å². The lowest BCUT2D eigenvalue weighted by Gasteiger charge is -2.22. The molecule has 17 heavy (non-hydrogen) atoms. The third-order valence-corrected chi connectivity index (χ3v) is 2.53. The fourth-order valence-corrected chi connectivity index (χ4v) is 1.27. The van der Waals surface area contributed by atoms with Gasteiger partial charge >= 0.3 is 0 Å². The van der Waals surface area contributed by atoms with Crippen LogP contribution < -0.4 is 5.73 Å². The number of carbonyl (C=O) groups excluding carboxylic acids is 1. The van der Waals surface area contributed by atoms with E-state index in [1.807, 2.05) is 13.0 Å². The normalized spacial score (nSPS) is 11.9. The maximum Gasteiger partial charge on any atom is 0.244 e. The molecule has 1 atom stereocenters. The summed E-state index contributed by atoms with van der Waals surface area (Å²) < 4.78 is 1.44. The second-order valence-electron chi connectivity index (χ2n) is 3.83. The van der Waals surface area contributed by atoms with Crippen molar-refractivity contribution in [3.63, 3.8) is 0 Å². The molecule has 7 nitrogen and oxygen atoms in total. The second-order valence-corrected chi connectivity index (χ2v) is 3.83. The first-order valence-corrected chi connectivity index (χ1v) is 5.30. The van der Waals surface area contributed by atoms with E-state index in [1.165, 1.54) is 9.58 Å². The van der Waals surface area contributed by atoms with Gasteiger partial charge in [0, 0.05) is 19.6 Å². The number of nitrogens with zero attached hydrogens (tertiary/aromatic N) is 5. The Morgan fingerprint density at radius 1 is 1.76 bits per heavy atom. The zero-order chi connectivity index (χ0) is 12.8. The first kappa shape index (κ1) is 13.1. The molecule has 0 saturated heterocycles. The van der Waals surface area contributed by atoms with Crippen molar-refractivity contribution in [3.05, 3.63) is 11.9 Å². The van der Waals surface area contributed by atoms with Crippen molar-refractivity contribution in [3.8, 4) is 6.07 Å². The summed E-state index contributed by atoms with van der Waals surface area (Å²) in [5, 5.41) is 16.1. The molecular weight excluding hydrogens is 220 g/mol. The molecule has 1 heterocycles. The van der Waals surface area contributed by atoms with E-state index in [0.717, 1.165) is 0 Å². The Morgan fingerprint density at radius 3 is 3.00 bits per heavy atom. The van der Waals surface area contributed by atoms with Gasteiger partial charge in [0.25, 0.3) is 0 Å². The molecule has 1 amide bonds. The molecule has 0 radical (unpaired) electrons. The van der Waals surface area contributed by atoms with Crippen LogP contribution in [0.4, 0.5) is 0 Å². The monoisotopic (exact) mass is 236 g/mol. The third kappa shape index (κ3) is 3.53. The highest BCUT2D eigenvalue weighted by Gasteiger charge is 2.16. The van der Waals surface area contributed by atoms with E-state index in [2.05, 4.69) is 10.3 Å². The maximum absolute atomic E-state index is 11.8. The summed E-state index contributed by atoms with van der Waals surface area (Å²) in [6.07, 6.45) is 1.95. The number of nitrogens with two attached hydrogens (primary N) is 1. The molecule has 0 bridgehead atoms. The Morgan fingerprint density at radius 2 is 2.47 bits per heavy atom. The molecule has 1 aromatic heterocycles. The van der Waals surface area contributed by atoms with E-state index in [4.69, 9.17) is 11.0 Å². The molecule has 0 fully saturated rings. The van der Waals surface area contributed by atoms with E-state index in [-0.39, 0.29) is 18.5 Å². The molecule has 0 aliphatic carbocycles. The van der Waals surface area contributed by atoms with Crippen molar-refractivity contribution >= 4 is 5.91 Å². The SMILES string of the molecule is CC(CC#N)N(C)C(=O)Cn1cc(CN)nn1. The van der Waals surface area contributed by atoms with E-state index < -0.39 is 0 Å². The number of hydrogen-bond donors (Lipinski definition) is 1. The van der Waals surface area contributed by atoms with Gasteiger partial charge in [0.15, 0.2) is 0 Å². The van der Waals surface area contributed by atoms with Gasteiger partial charge in [0.2, 0.25) is 5.91 Å². The van der Waals surface area contributed by atoms with Gasteiger partial charge in [-0.25, -0.2) is 4.68 Å². The first-order valence-electron chi connectivity index (χ1n) is 5.30. The van der Waals surface area contributed by atoms with Gasteiger partial charge in [0.05, 0.1) is 24.4 Å². The third-order valence-electron chi connectivity index (χ3n) is 2.53. The van der Waals surface area contributed by atoms with Gasteiger partial charge in [-0.15, -0.1) is 5.10 Å². The number of hydrogen-bond acceptors (Lipinski definition) is 5. The minimum atomic E-state index is -0.110. The summed E-state index contributed by atoms with van der Waals surface area (Å²) in [6.45, 7) is 2.24. The first-order chi connectivity index (χ1) is 8.08. The van der Waals surface area contributed by atoms with Crippen LogP contribution in [0.5, 0.6) is 0 Å². The number of amides is 1. The van der Waals surface area contributed by atoms with Gasteiger partial charge in [-0.2, -0.15) is 5.26 Å². The lowest BCUT2D eigenvalue weighted by atomic mass is 10.2. The maximum atomic E-state index is 11.8. The highest BCUT2D eigenvalue weighted by Crippen LogP contribution is 2.02. The molecule has 0 aliphatic heterocycles. The predicted molar refractivity (Wildman–Crippen MR) is 60.4 cm³/mol. The molecule has 0 aromatic carbocycles. The quantitative estimate of drug-likeness (QED) is 0.742. The summed E-state index contributed by atoms with van der Waals surface area (Å²) in [5.74, 6) is -0.110. The topological polar surface area (TPSA) is 101 Å². The van der Waals surface area contributed by atoms with Gasteiger partial charge in [-0.05, 0) is 6.92 Å². The molecule has 1 aromatic rings. The molecule has 0 spiro atoms. The lowest BCUT2D eigenvalue weighted by Crippen LogP contribution is -2.37. The van der Waals surface area contributed by atoms with E-state index in [9.17, 15) is 4.79 Å². The lowest BCUT2D eigenvalue weighted by molar-refractivity contribution is -0.132. The number of aromatic nitrogens is 3. The average molecular weight is 236 g/mol. The van der Waals surface area contributed by atoms with Crippen molar-refractivity contribution in [2.45, 2.75) is 32.5 Å². The van der Waals surface area contributed by atoms with E-state index >= 15 is 0 Å². The van der Waals surface area contributed by atoms with Crippen LogP contribution in [0.1, 0.15) is 19.0 Å². The summed E-state index contributed by atoms with van der Waals surface area (Å²) in [6, 6.07) is 1.93. The molecule has 0 aliphatic rings. The van der Waals surface area contributed by atoms with Crippen LogP contribution in [-0.4, -0.2) is 38.9 Å². The molecule has 7 heteroatoms. The zero-order valence-corrected chi connectivity index (χ0v) is 10.00. The van der Waals surface area contributed by atoms with Crippen molar-refractivity contribution in [2.24, 2.45) is 5.73 Å². The Hall–Kier alpha value is -1.94. The van der Waals surface area contributed by atoms with Gasteiger partial charge < -0.3 is 10.6 Å². The van der Waals surface area contributed by atoms with Crippen LogP contribution in [-0.2, 0) is 17.9 Å². The van der Waals surface area contributed by atoms with Crippen molar-refractivity contribution < 1.29 is 4.79 Å². The van der Waals surface area contributed by atoms with Gasteiger partial charge in [-0.1, -0.05) is 5.21 Å². The summed E-state index contributed by atoms with van der Waals surface area (Å²) in [4.78, 5) is 13.4. The molecule has 0 saturated carbocycles. The molecule has 92 valence electrons. The van der Waals surface area contributed by atoms with Gasteiger partial charge in [0.1, 0.15) is 6.54 Å².